The van der Waals surface area contributed by atoms with Gasteiger partial charge in [-0.05, 0) is 18.2 Å². The van der Waals surface area contributed by atoms with Gasteiger partial charge in [0.15, 0.2) is 5.82 Å². The number of hydrogen-bond donors (Lipinski definition) is 1. The summed E-state index contributed by atoms with van der Waals surface area (Å²) in [6.07, 6.45) is 4.50. The topological polar surface area (TPSA) is 54.9 Å². The van der Waals surface area contributed by atoms with Gasteiger partial charge in [-0.15, -0.1) is 11.8 Å². The Morgan fingerprint density at radius 2 is 2.21 bits per heavy atom. The van der Waals surface area contributed by atoms with E-state index in [0.29, 0.717) is 12.2 Å². The van der Waals surface area contributed by atoms with Crippen molar-refractivity contribution in [3.8, 4) is 0 Å². The molecule has 2 aromatic heterocycles. The molecule has 0 unspecified atom stereocenters. The number of aromatic nitrogens is 2. The van der Waals surface area contributed by atoms with Gasteiger partial charge in [0.25, 0.3) is 0 Å². The monoisotopic (exact) mass is 277 g/mol. The number of carbonyl (C=O) groups is 1. The molecule has 0 bridgehead atoms. The predicted molar refractivity (Wildman–Crippen MR) is 72.4 cm³/mol. The highest BCUT2D eigenvalue weighted by Gasteiger charge is 2.06. The predicted octanol–water partition coefficient (Wildman–Crippen LogP) is 2.74. The van der Waals surface area contributed by atoms with Crippen LogP contribution in [0.1, 0.15) is 6.42 Å². The van der Waals surface area contributed by atoms with Crippen molar-refractivity contribution in [3.63, 3.8) is 0 Å². The summed E-state index contributed by atoms with van der Waals surface area (Å²) >= 11 is 1.49. The minimum atomic E-state index is -0.534. The molecule has 0 fully saturated rings. The molecule has 19 heavy (non-hydrogen) atoms. The van der Waals surface area contributed by atoms with Crippen molar-refractivity contribution in [1.82, 2.24) is 9.97 Å². The highest BCUT2D eigenvalue weighted by molar-refractivity contribution is 7.99. The third kappa shape index (κ3) is 4.33. The van der Waals surface area contributed by atoms with Crippen LogP contribution in [0.4, 0.5) is 10.1 Å². The van der Waals surface area contributed by atoms with E-state index in [2.05, 4.69) is 15.3 Å². The Morgan fingerprint density at radius 1 is 1.32 bits per heavy atom. The van der Waals surface area contributed by atoms with Gasteiger partial charge in [0.05, 0.1) is 16.9 Å². The quantitative estimate of drug-likeness (QED) is 0.854. The number of nitrogens with zero attached hydrogens (tertiary/aromatic N) is 2. The van der Waals surface area contributed by atoms with Gasteiger partial charge in [0, 0.05) is 24.6 Å². The Bertz CT molecular complexity index is 551. The lowest BCUT2D eigenvalue weighted by Crippen LogP contribution is -2.13. The fourth-order valence-corrected chi connectivity index (χ4v) is 2.18. The van der Waals surface area contributed by atoms with Crippen LogP contribution in [0.25, 0.3) is 0 Å². The van der Waals surface area contributed by atoms with Gasteiger partial charge in [-0.3, -0.25) is 9.78 Å². The first-order valence-electron chi connectivity index (χ1n) is 5.69. The molecule has 0 saturated heterocycles. The van der Waals surface area contributed by atoms with Crippen molar-refractivity contribution < 1.29 is 9.18 Å². The number of hydrogen-bond acceptors (Lipinski definition) is 4. The molecule has 0 aliphatic heterocycles. The summed E-state index contributed by atoms with van der Waals surface area (Å²) in [4.78, 5) is 19.4. The molecule has 0 atom stereocenters. The second-order valence-electron chi connectivity index (χ2n) is 3.67. The Kier molecular flexibility index (Phi) is 4.85. The molecule has 1 amide bonds. The molecule has 98 valence electrons. The average molecular weight is 277 g/mol. The van der Waals surface area contributed by atoms with Gasteiger partial charge >= 0.3 is 0 Å². The number of carbonyl (C=O) groups excluding carboxylic acids is 1. The van der Waals surface area contributed by atoms with E-state index in [0.717, 1.165) is 11.2 Å². The number of pyridine rings is 2. The van der Waals surface area contributed by atoms with Crippen LogP contribution < -0.4 is 5.32 Å². The van der Waals surface area contributed by atoms with E-state index in [9.17, 15) is 9.18 Å². The van der Waals surface area contributed by atoms with Crippen LogP contribution in [0.15, 0.2) is 47.9 Å². The molecular weight excluding hydrogens is 265 g/mol. The lowest BCUT2D eigenvalue weighted by Gasteiger charge is -2.05. The third-order valence-corrected chi connectivity index (χ3v) is 3.21. The van der Waals surface area contributed by atoms with Crippen molar-refractivity contribution in [2.24, 2.45) is 0 Å². The molecule has 0 spiro atoms. The minimum Gasteiger partial charge on any atom is -0.323 e. The number of rotatable bonds is 5. The van der Waals surface area contributed by atoms with Crippen LogP contribution in [0, 0.1) is 5.82 Å². The molecule has 0 aliphatic carbocycles. The molecule has 0 radical (unpaired) electrons. The Labute approximate surface area is 114 Å². The van der Waals surface area contributed by atoms with Crippen LogP contribution in [0.3, 0.4) is 0 Å². The summed E-state index contributed by atoms with van der Waals surface area (Å²) in [7, 11) is 0. The van der Waals surface area contributed by atoms with Crippen molar-refractivity contribution in [2.75, 3.05) is 11.1 Å². The maximum absolute atomic E-state index is 13.2. The van der Waals surface area contributed by atoms with E-state index in [4.69, 9.17) is 0 Å². The molecular formula is C13H12FN3OS. The molecule has 0 saturated carbocycles. The first-order valence-corrected chi connectivity index (χ1v) is 6.67. The lowest BCUT2D eigenvalue weighted by molar-refractivity contribution is -0.115. The summed E-state index contributed by atoms with van der Waals surface area (Å²) < 4.78 is 13.2. The van der Waals surface area contributed by atoms with Crippen molar-refractivity contribution >= 4 is 23.4 Å². The molecule has 4 nitrogen and oxygen atoms in total. The first-order chi connectivity index (χ1) is 9.25. The maximum Gasteiger partial charge on any atom is 0.225 e. The van der Waals surface area contributed by atoms with Crippen molar-refractivity contribution in [2.45, 2.75) is 11.4 Å². The van der Waals surface area contributed by atoms with Gasteiger partial charge in [-0.1, -0.05) is 6.07 Å². The third-order valence-electron chi connectivity index (χ3n) is 2.26. The summed E-state index contributed by atoms with van der Waals surface area (Å²) in [5.74, 6) is -0.169. The van der Waals surface area contributed by atoms with E-state index >= 15 is 0 Å². The maximum atomic E-state index is 13.2. The number of nitrogens with one attached hydrogen (secondary N) is 1. The fourth-order valence-electron chi connectivity index (χ4n) is 1.37. The average Bonchev–Trinajstić information content (AvgIpc) is 2.43. The van der Waals surface area contributed by atoms with Crippen molar-refractivity contribution in [1.29, 1.82) is 0 Å². The summed E-state index contributed by atoms with van der Waals surface area (Å²) in [5, 5.41) is 3.37. The molecule has 0 aromatic carbocycles. The zero-order valence-corrected chi connectivity index (χ0v) is 10.9. The normalized spacial score (nSPS) is 10.2. The smallest absolute Gasteiger partial charge is 0.225 e. The Morgan fingerprint density at radius 3 is 2.95 bits per heavy atom. The number of thioether (sulfide) groups is 1. The number of halogens is 1. The highest BCUT2D eigenvalue weighted by atomic mass is 32.2. The summed E-state index contributed by atoms with van der Waals surface area (Å²) in [6.45, 7) is 0. The van der Waals surface area contributed by atoms with E-state index < -0.39 is 5.82 Å². The van der Waals surface area contributed by atoms with Crippen LogP contribution in [-0.2, 0) is 4.79 Å². The van der Waals surface area contributed by atoms with Gasteiger partial charge in [-0.2, -0.15) is 0 Å². The fraction of sp³-hybridized carbons (Fsp3) is 0.154. The first kappa shape index (κ1) is 13.5. The molecule has 6 heteroatoms. The molecule has 2 aromatic rings. The van der Waals surface area contributed by atoms with E-state index in [1.807, 2.05) is 18.2 Å². The lowest BCUT2D eigenvalue weighted by atomic mass is 10.3. The van der Waals surface area contributed by atoms with Crippen LogP contribution in [-0.4, -0.2) is 21.6 Å². The zero-order chi connectivity index (χ0) is 13.5. The molecule has 2 heterocycles. The van der Waals surface area contributed by atoms with Crippen LogP contribution in [0.2, 0.25) is 0 Å². The number of anilines is 1. The van der Waals surface area contributed by atoms with E-state index in [-0.39, 0.29) is 11.6 Å². The van der Waals surface area contributed by atoms with Crippen LogP contribution in [0.5, 0.6) is 0 Å². The molecule has 1 N–H and O–H groups in total. The highest BCUT2D eigenvalue weighted by Crippen LogP contribution is 2.16. The second-order valence-corrected chi connectivity index (χ2v) is 4.79. The van der Waals surface area contributed by atoms with E-state index in [1.165, 1.54) is 24.0 Å². The summed E-state index contributed by atoms with van der Waals surface area (Å²) in [6, 6.07) is 7.04. The SMILES string of the molecule is O=C(CCSc1ccccn1)Nc1ccncc1F. The Hall–Kier alpha value is -1.95. The largest absolute Gasteiger partial charge is 0.323 e. The number of amides is 1. The second kappa shape index (κ2) is 6.84. The van der Waals surface area contributed by atoms with Crippen LogP contribution >= 0.6 is 11.8 Å². The summed E-state index contributed by atoms with van der Waals surface area (Å²) in [5.41, 5.74) is 0.155. The minimum absolute atomic E-state index is 0.155. The zero-order valence-electron chi connectivity index (χ0n) is 10.0. The van der Waals surface area contributed by atoms with Crippen molar-refractivity contribution in [3.05, 3.63) is 48.7 Å². The van der Waals surface area contributed by atoms with Gasteiger partial charge < -0.3 is 5.32 Å². The standard InChI is InChI=1S/C13H12FN3OS/c14-10-9-15-7-4-11(10)17-12(18)5-8-19-13-3-1-2-6-16-13/h1-4,6-7,9H,5,8H2,(H,15,17,18). The van der Waals surface area contributed by atoms with E-state index in [1.54, 1.807) is 6.20 Å². The Balaban J connectivity index is 1.78. The molecule has 2 rings (SSSR count). The molecule has 0 aliphatic rings. The van der Waals surface area contributed by atoms with Gasteiger partial charge in [0.1, 0.15) is 0 Å². The van der Waals surface area contributed by atoms with Gasteiger partial charge in [-0.25, -0.2) is 9.37 Å². The van der Waals surface area contributed by atoms with Gasteiger partial charge in [0.2, 0.25) is 5.91 Å².